The van der Waals surface area contributed by atoms with Crippen LogP contribution in [-0.4, -0.2) is 75.2 Å². The van der Waals surface area contributed by atoms with Crippen molar-refractivity contribution in [3.05, 3.63) is 23.3 Å². The molecule has 2 aliphatic carbocycles. The van der Waals surface area contributed by atoms with Gasteiger partial charge in [-0.1, -0.05) is 39.8 Å². The summed E-state index contributed by atoms with van der Waals surface area (Å²) in [7, 11) is 6.74. The van der Waals surface area contributed by atoms with Gasteiger partial charge in [-0.2, -0.15) is 0 Å². The van der Waals surface area contributed by atoms with Crippen LogP contribution in [-0.2, 0) is 18.9 Å². The molecule has 2 heterocycles. The fraction of sp³-hybridized carbons (Fsp3) is 0.704. The van der Waals surface area contributed by atoms with Gasteiger partial charge in [-0.05, 0) is 35.8 Å². The average Bonchev–Trinajstić information content (AvgIpc) is 3.27. The SMILES string of the molecule is COC1=N[C@@]2(CC=C(C3=CC[C@]4(C3)N=C(OC)[C@@H](C(C)C)N=C4OC)CC2)C(OC)=N[C@@H]1C(C)C. The van der Waals surface area contributed by atoms with Gasteiger partial charge >= 0.3 is 0 Å². The Hall–Kier alpha value is -2.64. The first-order chi connectivity index (χ1) is 16.7. The van der Waals surface area contributed by atoms with Crippen LogP contribution in [0, 0.1) is 11.8 Å². The molecule has 8 heteroatoms. The summed E-state index contributed by atoms with van der Waals surface area (Å²) in [4.78, 5) is 20.0. The number of aliphatic imine (C=N–C) groups is 4. The smallest absolute Gasteiger partial charge is 0.213 e. The third-order valence-electron chi connectivity index (χ3n) is 7.61. The number of ether oxygens (including phenoxy) is 4. The highest BCUT2D eigenvalue weighted by Crippen LogP contribution is 2.45. The molecule has 0 fully saturated rings. The van der Waals surface area contributed by atoms with Crippen LogP contribution in [0.25, 0.3) is 0 Å². The molecule has 4 aliphatic rings. The Morgan fingerprint density at radius 3 is 1.66 bits per heavy atom. The van der Waals surface area contributed by atoms with Crippen molar-refractivity contribution in [1.82, 2.24) is 0 Å². The zero-order valence-corrected chi connectivity index (χ0v) is 22.4. The van der Waals surface area contributed by atoms with Gasteiger partial charge in [0.05, 0.1) is 28.4 Å². The highest BCUT2D eigenvalue weighted by molar-refractivity contribution is 5.98. The molecule has 2 spiro atoms. The van der Waals surface area contributed by atoms with Crippen LogP contribution < -0.4 is 0 Å². The first-order valence-electron chi connectivity index (χ1n) is 12.6. The maximum Gasteiger partial charge on any atom is 0.213 e. The Morgan fingerprint density at radius 2 is 1.20 bits per heavy atom. The molecular weight excluding hydrogens is 444 g/mol. The molecule has 0 radical (unpaired) electrons. The summed E-state index contributed by atoms with van der Waals surface area (Å²) < 4.78 is 22.9. The molecule has 0 aromatic rings. The second-order valence-corrected chi connectivity index (χ2v) is 10.6. The Morgan fingerprint density at radius 1 is 0.714 bits per heavy atom. The van der Waals surface area contributed by atoms with Crippen molar-refractivity contribution in [3.8, 4) is 0 Å². The van der Waals surface area contributed by atoms with E-state index >= 15 is 0 Å². The van der Waals surface area contributed by atoms with Crippen LogP contribution in [0.5, 0.6) is 0 Å². The summed E-state index contributed by atoms with van der Waals surface area (Å²) >= 11 is 0. The molecule has 4 rings (SSSR count). The summed E-state index contributed by atoms with van der Waals surface area (Å²) in [5.74, 6) is 3.36. The molecular formula is C27H40N4O4. The summed E-state index contributed by atoms with van der Waals surface area (Å²) in [6.45, 7) is 8.50. The lowest BCUT2D eigenvalue weighted by atomic mass is 9.78. The minimum atomic E-state index is -0.521. The number of hydrogen-bond donors (Lipinski definition) is 0. The predicted octanol–water partition coefficient (Wildman–Crippen LogP) is 4.55. The average molecular weight is 485 g/mol. The lowest BCUT2D eigenvalue weighted by molar-refractivity contribution is 0.294. The standard InChI is InChI=1S/C27H40N4O4/c1-16(2)20-22(32-5)30-26(24(28-20)34-7)12-9-18(10-13-26)19-11-14-27(15-19)25(35-8)29-21(17(3)4)23(31-27)33-6/h9,11,16-17,20-21H,10,12-15H2,1-8H3/t20-,21-,26-,27-/m1/s1. The quantitative estimate of drug-likeness (QED) is 0.588. The Bertz CT molecular complexity index is 1020. The van der Waals surface area contributed by atoms with Crippen LogP contribution in [0.15, 0.2) is 43.3 Å². The predicted molar refractivity (Wildman–Crippen MR) is 140 cm³/mol. The van der Waals surface area contributed by atoms with Crippen LogP contribution >= 0.6 is 0 Å². The molecule has 0 amide bonds. The van der Waals surface area contributed by atoms with Gasteiger partial charge in [-0.25, -0.2) is 20.0 Å². The second kappa shape index (κ2) is 9.78. The van der Waals surface area contributed by atoms with Crippen molar-refractivity contribution in [2.45, 2.75) is 83.0 Å². The van der Waals surface area contributed by atoms with E-state index in [9.17, 15) is 0 Å². The van der Waals surface area contributed by atoms with E-state index in [1.165, 1.54) is 11.1 Å². The Labute approximate surface area is 209 Å². The number of hydrogen-bond acceptors (Lipinski definition) is 8. The van der Waals surface area contributed by atoms with Gasteiger partial charge in [-0.15, -0.1) is 0 Å². The Balaban J connectivity index is 1.57. The minimum absolute atomic E-state index is 0.107. The third kappa shape index (κ3) is 4.40. The lowest BCUT2D eigenvalue weighted by Gasteiger charge is -2.38. The molecule has 0 saturated carbocycles. The molecule has 0 aromatic heterocycles. The van der Waals surface area contributed by atoms with Crippen LogP contribution in [0.4, 0.5) is 0 Å². The van der Waals surface area contributed by atoms with Crippen LogP contribution in [0.2, 0.25) is 0 Å². The molecule has 0 unspecified atom stereocenters. The van der Waals surface area contributed by atoms with E-state index in [0.29, 0.717) is 23.6 Å². The van der Waals surface area contributed by atoms with E-state index < -0.39 is 11.1 Å². The van der Waals surface area contributed by atoms with Gasteiger partial charge in [0, 0.05) is 19.3 Å². The molecule has 35 heavy (non-hydrogen) atoms. The molecule has 0 aromatic carbocycles. The van der Waals surface area contributed by atoms with Crippen molar-refractivity contribution < 1.29 is 18.9 Å². The first kappa shape index (κ1) is 25.5. The van der Waals surface area contributed by atoms with Crippen LogP contribution in [0.1, 0.15) is 59.8 Å². The van der Waals surface area contributed by atoms with E-state index in [1.807, 2.05) is 0 Å². The summed E-state index contributed by atoms with van der Waals surface area (Å²) in [5.41, 5.74) is 1.61. The first-order valence-corrected chi connectivity index (χ1v) is 12.6. The molecule has 0 saturated heterocycles. The maximum absolute atomic E-state index is 5.78. The molecule has 0 N–H and O–H groups in total. The van der Waals surface area contributed by atoms with E-state index in [1.54, 1.807) is 28.4 Å². The maximum atomic E-state index is 5.78. The fourth-order valence-corrected chi connectivity index (χ4v) is 5.61. The lowest BCUT2D eigenvalue weighted by Crippen LogP contribution is -2.47. The highest BCUT2D eigenvalue weighted by atomic mass is 16.5. The molecule has 8 nitrogen and oxygen atoms in total. The summed E-state index contributed by atoms with van der Waals surface area (Å²) in [5, 5.41) is 0. The van der Waals surface area contributed by atoms with Gasteiger partial charge in [0.2, 0.25) is 23.6 Å². The number of allylic oxidation sites excluding steroid dienone is 1. The van der Waals surface area contributed by atoms with Gasteiger partial charge in [0.15, 0.2) is 0 Å². The van der Waals surface area contributed by atoms with E-state index in [2.05, 4.69) is 39.8 Å². The number of nitrogens with zero attached hydrogens (tertiary/aromatic N) is 4. The van der Waals surface area contributed by atoms with Crippen molar-refractivity contribution in [2.75, 3.05) is 28.4 Å². The van der Waals surface area contributed by atoms with E-state index in [0.717, 1.165) is 32.1 Å². The molecule has 192 valence electrons. The zero-order valence-electron chi connectivity index (χ0n) is 22.4. The Kier molecular flexibility index (Phi) is 7.11. The highest BCUT2D eigenvalue weighted by Gasteiger charge is 2.48. The van der Waals surface area contributed by atoms with Crippen molar-refractivity contribution in [2.24, 2.45) is 31.8 Å². The molecule has 4 atom stereocenters. The number of rotatable bonds is 3. The zero-order chi connectivity index (χ0) is 25.4. The third-order valence-corrected chi connectivity index (χ3v) is 7.61. The second-order valence-electron chi connectivity index (χ2n) is 10.6. The normalized spacial score (nSPS) is 32.6. The van der Waals surface area contributed by atoms with Crippen molar-refractivity contribution in [1.29, 1.82) is 0 Å². The van der Waals surface area contributed by atoms with Gasteiger partial charge in [-0.3, -0.25) is 0 Å². The fourth-order valence-electron chi connectivity index (χ4n) is 5.61. The number of methoxy groups -OCH3 is 4. The van der Waals surface area contributed by atoms with Gasteiger partial charge in [0.1, 0.15) is 23.2 Å². The van der Waals surface area contributed by atoms with Crippen molar-refractivity contribution >= 4 is 23.6 Å². The molecule has 2 aliphatic heterocycles. The van der Waals surface area contributed by atoms with Gasteiger partial charge < -0.3 is 18.9 Å². The molecule has 0 bridgehead atoms. The monoisotopic (exact) mass is 484 g/mol. The van der Waals surface area contributed by atoms with Gasteiger partial charge in [0.25, 0.3) is 0 Å². The minimum Gasteiger partial charge on any atom is -0.483 e. The van der Waals surface area contributed by atoms with Crippen LogP contribution in [0.3, 0.4) is 0 Å². The van der Waals surface area contributed by atoms with Crippen molar-refractivity contribution in [3.63, 3.8) is 0 Å². The topological polar surface area (TPSA) is 86.4 Å². The summed E-state index contributed by atoms with van der Waals surface area (Å²) in [6, 6.07) is -0.220. The summed E-state index contributed by atoms with van der Waals surface area (Å²) in [6.07, 6.45) is 8.51. The largest absolute Gasteiger partial charge is 0.483 e. The van der Waals surface area contributed by atoms with E-state index in [-0.39, 0.29) is 23.9 Å². The van der Waals surface area contributed by atoms with E-state index in [4.69, 9.17) is 38.9 Å².